The van der Waals surface area contributed by atoms with E-state index in [1.807, 2.05) is 4.98 Å². The Kier molecular flexibility index (Phi) is 3.07. The molecule has 9 heteroatoms. The normalized spacial score (nSPS) is 12.9. The Morgan fingerprint density at radius 1 is 1.11 bits per heavy atom. The molecule has 2 rings (SSSR count). The summed E-state index contributed by atoms with van der Waals surface area (Å²) in [6.07, 6.45) is -9.28. The number of nitrogens with one attached hydrogen (secondary N) is 1. The number of rotatable bonds is 2. The molecule has 0 bridgehead atoms. The summed E-state index contributed by atoms with van der Waals surface area (Å²) in [5.74, 6) is -1.62. The van der Waals surface area contributed by atoms with Crippen molar-refractivity contribution in [3.05, 3.63) is 24.0 Å². The average molecular weight is 284 g/mol. The second kappa shape index (κ2) is 4.32. The van der Waals surface area contributed by atoms with Gasteiger partial charge in [0.1, 0.15) is 11.3 Å². The molecule has 0 fully saturated rings. The van der Waals surface area contributed by atoms with Gasteiger partial charge in [-0.3, -0.25) is 0 Å². The van der Waals surface area contributed by atoms with Crippen LogP contribution < -0.4 is 4.74 Å². The lowest BCUT2D eigenvalue weighted by Crippen LogP contribution is -2.19. The lowest BCUT2D eigenvalue weighted by atomic mass is 10.3. The van der Waals surface area contributed by atoms with E-state index in [0.29, 0.717) is 0 Å². The van der Waals surface area contributed by atoms with Gasteiger partial charge in [-0.1, -0.05) is 6.07 Å². The van der Waals surface area contributed by atoms with Crippen LogP contribution in [0.4, 0.5) is 26.3 Å². The van der Waals surface area contributed by atoms with Crippen LogP contribution in [0.25, 0.3) is 11.0 Å². The van der Waals surface area contributed by atoms with E-state index in [9.17, 15) is 26.3 Å². The van der Waals surface area contributed by atoms with Crippen LogP contribution in [0.15, 0.2) is 18.2 Å². The number of aromatic amines is 1. The second-order valence-electron chi connectivity index (χ2n) is 3.64. The highest BCUT2D eigenvalue weighted by atomic mass is 19.4. The Morgan fingerprint density at radius 2 is 1.79 bits per heavy atom. The van der Waals surface area contributed by atoms with E-state index in [-0.39, 0.29) is 16.8 Å². The number of hydrogen-bond donors (Lipinski definition) is 1. The van der Waals surface area contributed by atoms with Crippen LogP contribution in [0.3, 0.4) is 0 Å². The summed E-state index contributed by atoms with van der Waals surface area (Å²) in [7, 11) is 0. The Hall–Kier alpha value is -1.93. The zero-order valence-electron chi connectivity index (χ0n) is 9.06. The molecule has 0 amide bonds. The summed E-state index contributed by atoms with van der Waals surface area (Å²) in [6, 6.07) is 3.63. The molecular formula is C10H6F6N2O. The molecular weight excluding hydrogens is 278 g/mol. The average Bonchev–Trinajstić information content (AvgIpc) is 2.68. The molecule has 0 aliphatic rings. The molecule has 1 heterocycles. The Labute approximate surface area is 102 Å². The molecule has 1 aromatic carbocycles. The summed E-state index contributed by atoms with van der Waals surface area (Å²) in [5, 5.41) is 0. The number of benzene rings is 1. The Bertz CT molecular complexity index is 586. The molecule has 0 radical (unpaired) electrons. The van der Waals surface area contributed by atoms with Gasteiger partial charge in [-0.25, -0.2) is 4.98 Å². The van der Waals surface area contributed by atoms with Gasteiger partial charge in [-0.2, -0.15) is 26.3 Å². The van der Waals surface area contributed by atoms with Crippen molar-refractivity contribution in [3.63, 3.8) is 0 Å². The van der Waals surface area contributed by atoms with Crippen LogP contribution >= 0.6 is 0 Å². The molecule has 1 aromatic heterocycles. The van der Waals surface area contributed by atoms with Crippen molar-refractivity contribution in [2.45, 2.75) is 12.4 Å². The van der Waals surface area contributed by atoms with Gasteiger partial charge in [0.15, 0.2) is 6.61 Å². The Balaban J connectivity index is 2.37. The third-order valence-electron chi connectivity index (χ3n) is 2.14. The van der Waals surface area contributed by atoms with Crippen molar-refractivity contribution < 1.29 is 31.1 Å². The molecule has 1 N–H and O–H groups in total. The molecule has 0 unspecified atom stereocenters. The number of alkyl halides is 6. The van der Waals surface area contributed by atoms with Crippen molar-refractivity contribution in [2.24, 2.45) is 0 Å². The summed E-state index contributed by atoms with van der Waals surface area (Å²) in [5.41, 5.74) is -0.342. The minimum Gasteiger partial charge on any atom is -0.482 e. The van der Waals surface area contributed by atoms with E-state index in [1.165, 1.54) is 12.1 Å². The van der Waals surface area contributed by atoms with Gasteiger partial charge < -0.3 is 9.72 Å². The highest BCUT2D eigenvalue weighted by Crippen LogP contribution is 2.32. The predicted octanol–water partition coefficient (Wildman–Crippen LogP) is 3.52. The van der Waals surface area contributed by atoms with Gasteiger partial charge in [0.2, 0.25) is 5.82 Å². The van der Waals surface area contributed by atoms with Crippen molar-refractivity contribution in [1.29, 1.82) is 0 Å². The van der Waals surface area contributed by atoms with Crippen LogP contribution in [0, 0.1) is 0 Å². The largest absolute Gasteiger partial charge is 0.482 e. The molecule has 3 nitrogen and oxygen atoms in total. The number of hydrogen-bond acceptors (Lipinski definition) is 2. The molecule has 0 atom stereocenters. The number of para-hydroxylation sites is 1. The zero-order valence-corrected chi connectivity index (χ0v) is 9.06. The number of ether oxygens (including phenoxy) is 1. The van der Waals surface area contributed by atoms with Gasteiger partial charge in [0, 0.05) is 0 Å². The fourth-order valence-corrected chi connectivity index (χ4v) is 1.42. The third kappa shape index (κ3) is 3.09. The van der Waals surface area contributed by atoms with Crippen molar-refractivity contribution in [3.8, 4) is 5.75 Å². The van der Waals surface area contributed by atoms with E-state index in [2.05, 4.69) is 9.72 Å². The third-order valence-corrected chi connectivity index (χ3v) is 2.14. The topological polar surface area (TPSA) is 37.9 Å². The van der Waals surface area contributed by atoms with E-state index >= 15 is 0 Å². The quantitative estimate of drug-likeness (QED) is 0.857. The molecule has 2 aromatic rings. The van der Waals surface area contributed by atoms with Crippen LogP contribution in [0.1, 0.15) is 5.82 Å². The molecule has 19 heavy (non-hydrogen) atoms. The number of fused-ring (bicyclic) bond motifs is 1. The molecule has 0 aliphatic heterocycles. The second-order valence-corrected chi connectivity index (χ2v) is 3.64. The summed E-state index contributed by atoms with van der Waals surface area (Å²) < 4.78 is 77.7. The molecule has 104 valence electrons. The monoisotopic (exact) mass is 284 g/mol. The predicted molar refractivity (Wildman–Crippen MR) is 52.6 cm³/mol. The van der Waals surface area contributed by atoms with Crippen LogP contribution in [0.2, 0.25) is 0 Å². The highest BCUT2D eigenvalue weighted by Gasteiger charge is 2.35. The molecule has 0 aliphatic carbocycles. The van der Waals surface area contributed by atoms with Gasteiger partial charge >= 0.3 is 12.4 Å². The highest BCUT2D eigenvalue weighted by molar-refractivity contribution is 5.81. The van der Waals surface area contributed by atoms with Crippen molar-refractivity contribution >= 4 is 11.0 Å². The van der Waals surface area contributed by atoms with E-state index in [1.54, 1.807) is 0 Å². The molecule has 0 saturated carbocycles. The zero-order chi connectivity index (χ0) is 14.3. The maximum Gasteiger partial charge on any atom is 0.449 e. The van der Waals surface area contributed by atoms with Crippen LogP contribution in [-0.4, -0.2) is 22.8 Å². The van der Waals surface area contributed by atoms with Gasteiger partial charge in [0.25, 0.3) is 0 Å². The fourth-order valence-electron chi connectivity index (χ4n) is 1.42. The minimum absolute atomic E-state index is 0.119. The Morgan fingerprint density at radius 3 is 2.37 bits per heavy atom. The molecule has 0 spiro atoms. The fraction of sp³-hybridized carbons (Fsp3) is 0.300. The first-order valence-corrected chi connectivity index (χ1v) is 4.92. The SMILES string of the molecule is FC(F)(F)COc1cccc2nc(C(F)(F)F)[nH]c12. The summed E-state index contributed by atoms with van der Waals surface area (Å²) >= 11 is 0. The lowest BCUT2D eigenvalue weighted by molar-refractivity contribution is -0.153. The smallest absolute Gasteiger partial charge is 0.449 e. The number of nitrogens with zero attached hydrogens (tertiary/aromatic N) is 1. The molecule has 0 saturated heterocycles. The van der Waals surface area contributed by atoms with Crippen molar-refractivity contribution in [1.82, 2.24) is 9.97 Å². The number of halogens is 6. The van der Waals surface area contributed by atoms with Gasteiger partial charge in [-0.05, 0) is 12.1 Å². The van der Waals surface area contributed by atoms with Gasteiger partial charge in [0.05, 0.1) is 5.52 Å². The van der Waals surface area contributed by atoms with E-state index < -0.39 is 24.8 Å². The maximum atomic E-state index is 12.4. The van der Waals surface area contributed by atoms with E-state index in [0.717, 1.165) is 6.07 Å². The van der Waals surface area contributed by atoms with E-state index in [4.69, 9.17) is 0 Å². The summed E-state index contributed by atoms with van der Waals surface area (Å²) in [4.78, 5) is 5.16. The number of aromatic nitrogens is 2. The minimum atomic E-state index is -4.71. The van der Waals surface area contributed by atoms with Crippen LogP contribution in [-0.2, 0) is 6.18 Å². The van der Waals surface area contributed by atoms with Crippen LogP contribution in [0.5, 0.6) is 5.75 Å². The standard InChI is InChI=1S/C10H6F6N2O/c11-9(12,13)4-19-6-3-1-2-5-7(6)18-8(17-5)10(14,15)16/h1-3H,4H2,(H,17,18). The number of H-pyrrole nitrogens is 1. The van der Waals surface area contributed by atoms with Crippen molar-refractivity contribution in [2.75, 3.05) is 6.61 Å². The lowest BCUT2D eigenvalue weighted by Gasteiger charge is -2.09. The maximum absolute atomic E-state index is 12.4. The van der Waals surface area contributed by atoms with Gasteiger partial charge in [-0.15, -0.1) is 0 Å². The first-order chi connectivity index (χ1) is 8.67. The first-order valence-electron chi connectivity index (χ1n) is 4.92. The number of imidazole rings is 1. The first kappa shape index (κ1) is 13.5. The summed E-state index contributed by atoms with van der Waals surface area (Å²) in [6.45, 7) is -1.59.